The first-order chi connectivity index (χ1) is 12.0. The first-order valence-corrected chi connectivity index (χ1v) is 8.78. The van der Waals surface area contributed by atoms with E-state index < -0.39 is 0 Å². The number of hydrogen-bond acceptors (Lipinski definition) is 3. The van der Waals surface area contributed by atoms with E-state index in [0.29, 0.717) is 0 Å². The largest absolute Gasteiger partial charge is 0.459 e. The van der Waals surface area contributed by atoms with Crippen molar-refractivity contribution in [2.24, 2.45) is 5.92 Å². The predicted octanol–water partition coefficient (Wildman–Crippen LogP) is 3.02. The lowest BCUT2D eigenvalue weighted by Crippen LogP contribution is -2.47. The van der Waals surface area contributed by atoms with Gasteiger partial charge in [0.15, 0.2) is 0 Å². The van der Waals surface area contributed by atoms with E-state index >= 15 is 0 Å². The van der Waals surface area contributed by atoms with Crippen LogP contribution in [-0.4, -0.2) is 25.0 Å². The summed E-state index contributed by atoms with van der Waals surface area (Å²) in [5, 5.41) is 9.60. The van der Waals surface area contributed by atoms with E-state index in [4.69, 9.17) is 4.42 Å². The van der Waals surface area contributed by atoms with E-state index in [-0.39, 0.29) is 29.9 Å². The van der Waals surface area contributed by atoms with Crippen molar-refractivity contribution >= 4 is 22.9 Å². The number of para-hydroxylation sites is 1. The normalized spacial score (nSPS) is 21.1. The summed E-state index contributed by atoms with van der Waals surface area (Å²) < 4.78 is 5.90. The molecule has 1 aliphatic rings. The van der Waals surface area contributed by atoms with Crippen molar-refractivity contribution in [3.05, 3.63) is 35.6 Å². The minimum atomic E-state index is -0.270. The lowest BCUT2D eigenvalue weighted by atomic mass is 10.0. The molecule has 1 aromatic carbocycles. The van der Waals surface area contributed by atoms with Crippen LogP contribution in [0.5, 0.6) is 0 Å². The van der Waals surface area contributed by atoms with Crippen LogP contribution in [0.2, 0.25) is 0 Å². The first kappa shape index (κ1) is 17.3. The summed E-state index contributed by atoms with van der Waals surface area (Å²) in [6, 6.07) is 7.18. The Morgan fingerprint density at radius 2 is 2.00 bits per heavy atom. The van der Waals surface area contributed by atoms with Crippen LogP contribution in [0.3, 0.4) is 0 Å². The zero-order valence-electron chi connectivity index (χ0n) is 14.9. The van der Waals surface area contributed by atoms with E-state index in [0.717, 1.165) is 41.6 Å². The molecule has 25 heavy (non-hydrogen) atoms. The van der Waals surface area contributed by atoms with E-state index in [1.54, 1.807) is 7.05 Å². The van der Waals surface area contributed by atoms with Crippen molar-refractivity contribution in [1.82, 2.24) is 16.0 Å². The van der Waals surface area contributed by atoms with Crippen LogP contribution >= 0.6 is 0 Å². The van der Waals surface area contributed by atoms with E-state index in [1.807, 2.05) is 38.1 Å². The van der Waals surface area contributed by atoms with Crippen LogP contribution in [0.25, 0.3) is 11.0 Å². The molecule has 1 heterocycles. The summed E-state index contributed by atoms with van der Waals surface area (Å²) in [5.41, 5.74) is 1.85. The molecule has 2 unspecified atom stereocenters. The van der Waals surface area contributed by atoms with Crippen LogP contribution < -0.4 is 16.0 Å². The third kappa shape index (κ3) is 3.48. The number of urea groups is 1. The van der Waals surface area contributed by atoms with Crippen molar-refractivity contribution in [2.45, 2.75) is 45.2 Å². The van der Waals surface area contributed by atoms with E-state index in [9.17, 15) is 9.59 Å². The Bertz CT molecular complexity index is 783. The third-order valence-electron chi connectivity index (χ3n) is 5.04. The molecule has 0 bridgehead atoms. The highest BCUT2D eigenvalue weighted by atomic mass is 16.3. The van der Waals surface area contributed by atoms with Crippen molar-refractivity contribution in [3.63, 3.8) is 0 Å². The highest BCUT2D eigenvalue weighted by Crippen LogP contribution is 2.29. The molecule has 6 nitrogen and oxygen atoms in total. The summed E-state index contributed by atoms with van der Waals surface area (Å²) in [6.45, 7) is 3.89. The molecule has 0 radical (unpaired) electrons. The lowest BCUT2D eigenvalue weighted by Gasteiger charge is -2.21. The Balaban J connectivity index is 1.66. The van der Waals surface area contributed by atoms with Crippen LogP contribution in [0.4, 0.5) is 4.79 Å². The fourth-order valence-corrected chi connectivity index (χ4v) is 3.71. The second-order valence-electron chi connectivity index (χ2n) is 6.69. The molecular formula is C19H25N3O3. The second kappa shape index (κ2) is 7.17. The number of fused-ring (bicyclic) bond motifs is 1. The summed E-state index contributed by atoms with van der Waals surface area (Å²) in [6.07, 6.45) is 2.58. The van der Waals surface area contributed by atoms with E-state index in [2.05, 4.69) is 16.0 Å². The zero-order valence-corrected chi connectivity index (χ0v) is 14.9. The Kier molecular flexibility index (Phi) is 4.97. The molecule has 1 aliphatic carbocycles. The van der Waals surface area contributed by atoms with Crippen LogP contribution in [0.1, 0.15) is 43.6 Å². The number of carbonyl (C=O) groups excluding carboxylic acids is 2. The molecule has 1 fully saturated rings. The van der Waals surface area contributed by atoms with Gasteiger partial charge in [-0.2, -0.15) is 0 Å². The quantitative estimate of drug-likeness (QED) is 0.798. The minimum Gasteiger partial charge on any atom is -0.459 e. The number of aryl methyl sites for hydroxylation is 1. The predicted molar refractivity (Wildman–Crippen MR) is 96.2 cm³/mol. The van der Waals surface area contributed by atoms with Crippen LogP contribution in [0, 0.1) is 12.8 Å². The van der Waals surface area contributed by atoms with Gasteiger partial charge in [0.1, 0.15) is 11.3 Å². The maximum absolute atomic E-state index is 12.4. The summed E-state index contributed by atoms with van der Waals surface area (Å²) in [7, 11) is 1.63. The molecule has 1 aromatic heterocycles. The molecule has 3 rings (SSSR count). The van der Waals surface area contributed by atoms with Gasteiger partial charge in [0.2, 0.25) is 5.91 Å². The van der Waals surface area contributed by atoms with Crippen molar-refractivity contribution in [1.29, 1.82) is 0 Å². The van der Waals surface area contributed by atoms with Gasteiger partial charge in [-0.15, -0.1) is 0 Å². The molecule has 0 spiro atoms. The number of rotatable bonds is 4. The SMILES string of the molecule is CNC(=O)C1CCCC1NC(=O)N[C@@H](C)c1oc2ccccc2c1C. The van der Waals surface area contributed by atoms with E-state index in [1.165, 1.54) is 0 Å². The number of amides is 3. The number of carbonyl (C=O) groups is 2. The maximum atomic E-state index is 12.4. The average molecular weight is 343 g/mol. The Hall–Kier alpha value is -2.50. The number of benzene rings is 1. The molecule has 0 aliphatic heterocycles. The summed E-state index contributed by atoms with van der Waals surface area (Å²) in [4.78, 5) is 24.3. The molecule has 0 saturated heterocycles. The minimum absolute atomic E-state index is 0.0102. The molecule has 3 amide bonds. The van der Waals surface area contributed by atoms with Gasteiger partial charge in [-0.3, -0.25) is 4.79 Å². The lowest BCUT2D eigenvalue weighted by molar-refractivity contribution is -0.124. The first-order valence-electron chi connectivity index (χ1n) is 8.78. The number of nitrogens with one attached hydrogen (secondary N) is 3. The van der Waals surface area contributed by atoms with Gasteiger partial charge in [0.05, 0.1) is 12.0 Å². The van der Waals surface area contributed by atoms with Gasteiger partial charge in [-0.1, -0.05) is 24.6 Å². The smallest absolute Gasteiger partial charge is 0.315 e. The van der Waals surface area contributed by atoms with Gasteiger partial charge >= 0.3 is 6.03 Å². The van der Waals surface area contributed by atoms with Crippen LogP contribution in [-0.2, 0) is 4.79 Å². The standard InChI is InChI=1S/C19H25N3O3/c1-11-13-7-4-5-10-16(13)25-17(11)12(2)21-19(24)22-15-9-6-8-14(15)18(23)20-3/h4-5,7,10,12,14-15H,6,8-9H2,1-3H3,(H,20,23)(H2,21,22,24)/t12-,14?,15?/m0/s1. The highest BCUT2D eigenvalue weighted by molar-refractivity contribution is 5.83. The number of furan rings is 1. The molecule has 2 aromatic rings. The average Bonchev–Trinajstić information content (AvgIpc) is 3.19. The highest BCUT2D eigenvalue weighted by Gasteiger charge is 2.33. The molecule has 1 saturated carbocycles. The summed E-state index contributed by atoms with van der Waals surface area (Å²) in [5.74, 6) is 0.591. The maximum Gasteiger partial charge on any atom is 0.315 e. The monoisotopic (exact) mass is 343 g/mol. The van der Waals surface area contributed by atoms with Crippen molar-refractivity contribution in [2.75, 3.05) is 7.05 Å². The fraction of sp³-hybridized carbons (Fsp3) is 0.474. The third-order valence-corrected chi connectivity index (χ3v) is 5.04. The van der Waals surface area contributed by atoms with Crippen molar-refractivity contribution in [3.8, 4) is 0 Å². The zero-order chi connectivity index (χ0) is 18.0. The Labute approximate surface area is 147 Å². The van der Waals surface area contributed by atoms with Gasteiger partial charge in [0.25, 0.3) is 0 Å². The van der Waals surface area contributed by atoms with Gasteiger partial charge in [-0.25, -0.2) is 4.79 Å². The topological polar surface area (TPSA) is 83.4 Å². The van der Waals surface area contributed by atoms with Gasteiger partial charge < -0.3 is 20.4 Å². The fourth-order valence-electron chi connectivity index (χ4n) is 3.71. The number of hydrogen-bond donors (Lipinski definition) is 3. The Morgan fingerprint density at radius 1 is 1.24 bits per heavy atom. The van der Waals surface area contributed by atoms with Gasteiger partial charge in [-0.05, 0) is 32.8 Å². The Morgan fingerprint density at radius 3 is 2.72 bits per heavy atom. The van der Waals surface area contributed by atoms with Crippen LogP contribution in [0.15, 0.2) is 28.7 Å². The second-order valence-corrected chi connectivity index (χ2v) is 6.69. The van der Waals surface area contributed by atoms with Gasteiger partial charge in [0, 0.05) is 24.0 Å². The summed E-state index contributed by atoms with van der Waals surface area (Å²) >= 11 is 0. The molecule has 6 heteroatoms. The molecule has 3 N–H and O–H groups in total. The molecular weight excluding hydrogens is 318 g/mol. The molecule has 3 atom stereocenters. The van der Waals surface area contributed by atoms with Crippen molar-refractivity contribution < 1.29 is 14.0 Å². The molecule has 134 valence electrons.